The van der Waals surface area contributed by atoms with Gasteiger partial charge in [0.25, 0.3) is 0 Å². The first-order chi connectivity index (χ1) is 15.1. The van der Waals surface area contributed by atoms with E-state index in [1.807, 2.05) is 27.7 Å². The van der Waals surface area contributed by atoms with Crippen molar-refractivity contribution in [2.75, 3.05) is 4.90 Å². The SMILES string of the molecule is CC.CC.Cc1ccc(N(c2ccc(C(C)(C)C)cc2)c2ccc(C(C)(C)C)cc2)cc1. The zero-order valence-electron chi connectivity index (χ0n) is 22.4. The normalized spacial score (nSPS) is 11.0. The van der Waals surface area contributed by atoms with E-state index in [0.717, 1.165) is 0 Å². The third kappa shape index (κ3) is 7.26. The van der Waals surface area contributed by atoms with Gasteiger partial charge in [-0.2, -0.15) is 0 Å². The summed E-state index contributed by atoms with van der Waals surface area (Å²) in [5.74, 6) is 0. The van der Waals surface area contributed by atoms with Crippen LogP contribution in [0.2, 0.25) is 0 Å². The number of nitrogens with zero attached hydrogens (tertiary/aromatic N) is 1. The van der Waals surface area contributed by atoms with Gasteiger partial charge in [0, 0.05) is 17.1 Å². The second-order valence-electron chi connectivity index (χ2n) is 9.76. The molecule has 0 spiro atoms. The lowest BCUT2D eigenvalue weighted by atomic mass is 9.86. The molecule has 1 nitrogen and oxygen atoms in total. The van der Waals surface area contributed by atoms with Crippen LogP contribution in [-0.4, -0.2) is 0 Å². The molecule has 0 fully saturated rings. The smallest absolute Gasteiger partial charge is 0.0461 e. The van der Waals surface area contributed by atoms with E-state index in [-0.39, 0.29) is 10.8 Å². The maximum Gasteiger partial charge on any atom is 0.0461 e. The van der Waals surface area contributed by atoms with Gasteiger partial charge in [0.15, 0.2) is 0 Å². The zero-order chi connectivity index (χ0) is 24.5. The van der Waals surface area contributed by atoms with Crippen molar-refractivity contribution >= 4 is 17.1 Å². The Morgan fingerprint density at radius 3 is 0.938 bits per heavy atom. The van der Waals surface area contributed by atoms with Crippen LogP contribution in [0.1, 0.15) is 85.9 Å². The molecule has 32 heavy (non-hydrogen) atoms. The van der Waals surface area contributed by atoms with E-state index < -0.39 is 0 Å². The molecule has 3 aromatic rings. The van der Waals surface area contributed by atoms with E-state index in [1.165, 1.54) is 33.8 Å². The lowest BCUT2D eigenvalue weighted by Gasteiger charge is -2.28. The highest BCUT2D eigenvalue weighted by Gasteiger charge is 2.18. The molecule has 0 unspecified atom stereocenters. The summed E-state index contributed by atoms with van der Waals surface area (Å²) in [6.45, 7) is 23.7. The summed E-state index contributed by atoms with van der Waals surface area (Å²) in [5, 5.41) is 0. The average Bonchev–Trinajstić information content (AvgIpc) is 2.78. The Labute approximate surface area is 198 Å². The molecule has 0 amide bonds. The first kappa shape index (κ1) is 27.5. The van der Waals surface area contributed by atoms with Crippen LogP contribution in [0.5, 0.6) is 0 Å². The Bertz CT molecular complexity index is 845. The summed E-state index contributed by atoms with van der Waals surface area (Å²) in [7, 11) is 0. The molecule has 0 saturated heterocycles. The standard InChI is InChI=1S/C27H33N.2C2H6/c1-20-8-14-23(15-9-20)28(24-16-10-21(11-17-24)26(2,3)4)25-18-12-22(13-19-25)27(5,6)7;2*1-2/h8-19H,1-7H3;2*1-2H3. The largest absolute Gasteiger partial charge is 0.311 e. The van der Waals surface area contributed by atoms with E-state index in [2.05, 4.69) is 126 Å². The van der Waals surface area contributed by atoms with Crippen LogP contribution >= 0.6 is 0 Å². The van der Waals surface area contributed by atoms with Crippen LogP contribution in [-0.2, 0) is 10.8 Å². The van der Waals surface area contributed by atoms with Crippen LogP contribution in [0.25, 0.3) is 0 Å². The average molecular weight is 432 g/mol. The molecule has 0 atom stereocenters. The number of aryl methyl sites for hydroxylation is 1. The summed E-state index contributed by atoms with van der Waals surface area (Å²) in [6.07, 6.45) is 0. The second-order valence-corrected chi connectivity index (χ2v) is 9.76. The topological polar surface area (TPSA) is 3.24 Å². The number of hydrogen-bond donors (Lipinski definition) is 0. The molecule has 174 valence electrons. The number of anilines is 3. The summed E-state index contributed by atoms with van der Waals surface area (Å²) < 4.78 is 0. The Morgan fingerprint density at radius 1 is 0.438 bits per heavy atom. The molecule has 3 rings (SSSR count). The Balaban J connectivity index is 0.00000121. The van der Waals surface area contributed by atoms with Gasteiger partial charge in [0.1, 0.15) is 0 Å². The van der Waals surface area contributed by atoms with Crippen molar-refractivity contribution in [2.45, 2.75) is 87.0 Å². The molecule has 0 radical (unpaired) electrons. The Hall–Kier alpha value is -2.54. The maximum atomic E-state index is 2.33. The molecule has 3 aromatic carbocycles. The fourth-order valence-corrected chi connectivity index (χ4v) is 3.36. The highest BCUT2D eigenvalue weighted by molar-refractivity contribution is 5.76. The minimum absolute atomic E-state index is 0.154. The first-order valence-electron chi connectivity index (χ1n) is 12.1. The molecule has 0 aliphatic heterocycles. The lowest BCUT2D eigenvalue weighted by molar-refractivity contribution is 0.590. The molecular formula is C31H45N. The predicted molar refractivity (Wildman–Crippen MR) is 146 cm³/mol. The third-order valence-electron chi connectivity index (χ3n) is 5.28. The molecule has 0 aliphatic rings. The molecule has 0 aromatic heterocycles. The summed E-state index contributed by atoms with van der Waals surface area (Å²) in [4.78, 5) is 2.33. The summed E-state index contributed by atoms with van der Waals surface area (Å²) in [5.41, 5.74) is 7.82. The fourth-order valence-electron chi connectivity index (χ4n) is 3.36. The quantitative estimate of drug-likeness (QED) is 0.398. The summed E-state index contributed by atoms with van der Waals surface area (Å²) in [6, 6.07) is 26.7. The molecule has 0 saturated carbocycles. The molecule has 0 bridgehead atoms. The second kappa shape index (κ2) is 11.9. The van der Waals surface area contributed by atoms with Gasteiger partial charge in [-0.25, -0.2) is 0 Å². The van der Waals surface area contributed by atoms with E-state index in [9.17, 15) is 0 Å². The van der Waals surface area contributed by atoms with Crippen LogP contribution < -0.4 is 4.90 Å². The van der Waals surface area contributed by atoms with E-state index in [4.69, 9.17) is 0 Å². The lowest BCUT2D eigenvalue weighted by Crippen LogP contribution is -2.14. The van der Waals surface area contributed by atoms with Gasteiger partial charge < -0.3 is 4.90 Å². The maximum absolute atomic E-state index is 2.33. The van der Waals surface area contributed by atoms with Crippen molar-refractivity contribution in [3.8, 4) is 0 Å². The minimum Gasteiger partial charge on any atom is -0.311 e. The van der Waals surface area contributed by atoms with Crippen molar-refractivity contribution in [3.63, 3.8) is 0 Å². The highest BCUT2D eigenvalue weighted by atomic mass is 15.1. The van der Waals surface area contributed by atoms with Gasteiger partial charge in [0.2, 0.25) is 0 Å². The number of hydrogen-bond acceptors (Lipinski definition) is 1. The van der Waals surface area contributed by atoms with E-state index >= 15 is 0 Å². The number of rotatable bonds is 3. The minimum atomic E-state index is 0.154. The molecule has 0 heterocycles. The van der Waals surface area contributed by atoms with Crippen LogP contribution in [0.4, 0.5) is 17.1 Å². The summed E-state index contributed by atoms with van der Waals surface area (Å²) >= 11 is 0. The van der Waals surface area contributed by atoms with Gasteiger partial charge in [-0.15, -0.1) is 0 Å². The van der Waals surface area contributed by atoms with Crippen molar-refractivity contribution in [1.29, 1.82) is 0 Å². The van der Waals surface area contributed by atoms with Crippen molar-refractivity contribution < 1.29 is 0 Å². The first-order valence-corrected chi connectivity index (χ1v) is 12.1. The van der Waals surface area contributed by atoms with Crippen LogP contribution in [0.15, 0.2) is 72.8 Å². The monoisotopic (exact) mass is 431 g/mol. The van der Waals surface area contributed by atoms with Crippen LogP contribution in [0.3, 0.4) is 0 Å². The highest BCUT2D eigenvalue weighted by Crippen LogP contribution is 2.36. The van der Waals surface area contributed by atoms with E-state index in [0.29, 0.717) is 0 Å². The fraction of sp³-hybridized carbons (Fsp3) is 0.419. The zero-order valence-corrected chi connectivity index (χ0v) is 22.4. The Morgan fingerprint density at radius 2 is 0.688 bits per heavy atom. The number of benzene rings is 3. The van der Waals surface area contributed by atoms with Gasteiger partial charge in [-0.3, -0.25) is 0 Å². The molecule has 0 aliphatic carbocycles. The molecule has 1 heteroatoms. The van der Waals surface area contributed by atoms with Gasteiger partial charge >= 0.3 is 0 Å². The van der Waals surface area contributed by atoms with E-state index in [1.54, 1.807) is 0 Å². The predicted octanol–water partition coefficient (Wildman–Crippen LogP) is 10.1. The molecule has 0 N–H and O–H groups in total. The third-order valence-corrected chi connectivity index (χ3v) is 5.28. The van der Waals surface area contributed by atoms with Gasteiger partial charge in [-0.1, -0.05) is 111 Å². The van der Waals surface area contributed by atoms with Gasteiger partial charge in [0.05, 0.1) is 0 Å². The van der Waals surface area contributed by atoms with Gasteiger partial charge in [-0.05, 0) is 65.3 Å². The van der Waals surface area contributed by atoms with Crippen molar-refractivity contribution in [3.05, 3.63) is 89.5 Å². The Kier molecular flexibility index (Phi) is 10.2. The van der Waals surface area contributed by atoms with Crippen molar-refractivity contribution in [2.24, 2.45) is 0 Å². The van der Waals surface area contributed by atoms with Crippen molar-refractivity contribution in [1.82, 2.24) is 0 Å². The molecular weight excluding hydrogens is 386 g/mol. The van der Waals surface area contributed by atoms with Crippen LogP contribution in [0, 0.1) is 6.92 Å².